The van der Waals surface area contributed by atoms with E-state index in [9.17, 15) is 0 Å². The van der Waals surface area contributed by atoms with Crippen molar-refractivity contribution >= 4 is 17.3 Å². The molecule has 0 bridgehead atoms. The summed E-state index contributed by atoms with van der Waals surface area (Å²) in [5.74, 6) is 0. The number of thiocarbonyl (C=S) groups is 1. The molecule has 2 N–H and O–H groups in total. The van der Waals surface area contributed by atoms with Gasteiger partial charge in [-0.2, -0.15) is 0 Å². The molecule has 0 aromatic carbocycles. The Bertz CT molecular complexity index is 184. The van der Waals surface area contributed by atoms with Crippen molar-refractivity contribution in [2.75, 3.05) is 33.5 Å². The normalized spacial score (nSPS) is 21.0. The van der Waals surface area contributed by atoms with Gasteiger partial charge in [0.15, 0.2) is 5.11 Å². The molecule has 1 rings (SSSR count). The maximum absolute atomic E-state index is 5.36. The molecule has 1 atom stereocenters. The van der Waals surface area contributed by atoms with Crippen LogP contribution in [0.3, 0.4) is 0 Å². The van der Waals surface area contributed by atoms with Crippen molar-refractivity contribution in [1.82, 2.24) is 10.6 Å². The molecule has 1 saturated heterocycles. The molecule has 0 aliphatic carbocycles. The van der Waals surface area contributed by atoms with Crippen molar-refractivity contribution in [2.45, 2.75) is 25.3 Å². The molecule has 0 aromatic heterocycles. The van der Waals surface area contributed by atoms with Crippen LogP contribution in [-0.4, -0.2) is 44.6 Å². The lowest BCUT2D eigenvalue weighted by Gasteiger charge is -2.24. The zero-order valence-electron chi connectivity index (χ0n) is 9.25. The smallest absolute Gasteiger partial charge is 0.166 e. The van der Waals surface area contributed by atoms with E-state index in [1.54, 1.807) is 7.11 Å². The van der Waals surface area contributed by atoms with Crippen LogP contribution >= 0.6 is 12.2 Å². The Kier molecular flexibility index (Phi) is 6.63. The van der Waals surface area contributed by atoms with Crippen LogP contribution < -0.4 is 10.6 Å². The van der Waals surface area contributed by atoms with Crippen molar-refractivity contribution in [3.05, 3.63) is 0 Å². The number of hydrogen-bond acceptors (Lipinski definition) is 3. The van der Waals surface area contributed by atoms with E-state index in [0.29, 0.717) is 6.04 Å². The maximum atomic E-state index is 5.36. The van der Waals surface area contributed by atoms with Crippen LogP contribution in [-0.2, 0) is 9.47 Å². The Balaban J connectivity index is 2.01. The fourth-order valence-corrected chi connectivity index (χ4v) is 1.78. The molecule has 1 unspecified atom stereocenters. The molecule has 4 nitrogen and oxygen atoms in total. The van der Waals surface area contributed by atoms with E-state index in [-0.39, 0.29) is 0 Å². The Hall–Kier alpha value is -0.390. The first-order chi connectivity index (χ1) is 7.33. The van der Waals surface area contributed by atoms with E-state index < -0.39 is 0 Å². The Morgan fingerprint density at radius 1 is 1.60 bits per heavy atom. The lowest BCUT2D eigenvalue weighted by Crippen LogP contribution is -2.45. The standard InChI is InChI=1S/C10H20N2O2S/c1-13-6-3-5-11-10(15)12-9-4-2-7-14-8-9/h9H,2-8H2,1H3,(H2,11,12,15). The van der Waals surface area contributed by atoms with Crippen LogP contribution in [0.4, 0.5) is 0 Å². The number of hydrogen-bond donors (Lipinski definition) is 2. The van der Waals surface area contributed by atoms with Gasteiger partial charge in [0.2, 0.25) is 0 Å². The van der Waals surface area contributed by atoms with Crippen LogP contribution in [0.1, 0.15) is 19.3 Å². The molecule has 1 aliphatic rings. The van der Waals surface area contributed by atoms with Gasteiger partial charge in [-0.3, -0.25) is 0 Å². The van der Waals surface area contributed by atoms with Gasteiger partial charge in [0.05, 0.1) is 12.6 Å². The molecule has 0 aromatic rings. The molecule has 0 saturated carbocycles. The van der Waals surface area contributed by atoms with Crippen molar-refractivity contribution < 1.29 is 9.47 Å². The highest BCUT2D eigenvalue weighted by molar-refractivity contribution is 7.80. The number of rotatable bonds is 5. The van der Waals surface area contributed by atoms with Gasteiger partial charge in [-0.25, -0.2) is 0 Å². The van der Waals surface area contributed by atoms with Gasteiger partial charge in [0.25, 0.3) is 0 Å². The van der Waals surface area contributed by atoms with Crippen LogP contribution in [0.2, 0.25) is 0 Å². The lowest BCUT2D eigenvalue weighted by molar-refractivity contribution is 0.0763. The third-order valence-electron chi connectivity index (χ3n) is 2.31. The highest BCUT2D eigenvalue weighted by Gasteiger charge is 2.13. The van der Waals surface area contributed by atoms with Crippen molar-refractivity contribution in [3.63, 3.8) is 0 Å². The summed E-state index contributed by atoms with van der Waals surface area (Å²) < 4.78 is 10.3. The summed E-state index contributed by atoms with van der Waals surface area (Å²) >= 11 is 5.17. The fourth-order valence-electron chi connectivity index (χ4n) is 1.51. The fraction of sp³-hybridized carbons (Fsp3) is 0.900. The van der Waals surface area contributed by atoms with E-state index in [2.05, 4.69) is 10.6 Å². The Morgan fingerprint density at radius 2 is 2.47 bits per heavy atom. The molecule has 1 fully saturated rings. The van der Waals surface area contributed by atoms with Crippen LogP contribution in [0.15, 0.2) is 0 Å². The van der Waals surface area contributed by atoms with Crippen molar-refractivity contribution in [1.29, 1.82) is 0 Å². The van der Waals surface area contributed by atoms with E-state index in [1.165, 1.54) is 0 Å². The second-order valence-electron chi connectivity index (χ2n) is 3.66. The third kappa shape index (κ3) is 5.92. The first-order valence-electron chi connectivity index (χ1n) is 5.44. The molecule has 88 valence electrons. The zero-order chi connectivity index (χ0) is 10.9. The van der Waals surface area contributed by atoms with Crippen LogP contribution in [0.25, 0.3) is 0 Å². The topological polar surface area (TPSA) is 42.5 Å². The molecule has 1 heterocycles. The van der Waals surface area contributed by atoms with E-state index in [4.69, 9.17) is 21.7 Å². The monoisotopic (exact) mass is 232 g/mol. The summed E-state index contributed by atoms with van der Waals surface area (Å²) in [5, 5.41) is 7.12. The minimum atomic E-state index is 0.376. The minimum Gasteiger partial charge on any atom is -0.385 e. The maximum Gasteiger partial charge on any atom is 0.166 e. The van der Waals surface area contributed by atoms with Crippen LogP contribution in [0, 0.1) is 0 Å². The highest BCUT2D eigenvalue weighted by Crippen LogP contribution is 2.05. The second-order valence-corrected chi connectivity index (χ2v) is 4.07. The summed E-state index contributed by atoms with van der Waals surface area (Å²) in [6.07, 6.45) is 3.23. The minimum absolute atomic E-state index is 0.376. The van der Waals surface area contributed by atoms with Crippen molar-refractivity contribution in [2.24, 2.45) is 0 Å². The van der Waals surface area contributed by atoms with Gasteiger partial charge in [-0.05, 0) is 31.5 Å². The summed E-state index contributed by atoms with van der Waals surface area (Å²) in [6.45, 7) is 3.27. The lowest BCUT2D eigenvalue weighted by atomic mass is 10.1. The quantitative estimate of drug-likeness (QED) is 0.538. The largest absolute Gasteiger partial charge is 0.385 e. The van der Waals surface area contributed by atoms with Crippen molar-refractivity contribution in [3.8, 4) is 0 Å². The first-order valence-corrected chi connectivity index (χ1v) is 5.85. The van der Waals surface area contributed by atoms with E-state index >= 15 is 0 Å². The molecular weight excluding hydrogens is 212 g/mol. The molecule has 5 heteroatoms. The number of ether oxygens (including phenoxy) is 2. The van der Waals surface area contributed by atoms with Gasteiger partial charge in [-0.1, -0.05) is 0 Å². The second kappa shape index (κ2) is 7.84. The Labute approximate surface area is 96.7 Å². The summed E-state index contributed by atoms with van der Waals surface area (Å²) in [4.78, 5) is 0. The van der Waals surface area contributed by atoms with E-state index in [1.807, 2.05) is 0 Å². The average molecular weight is 232 g/mol. The highest BCUT2D eigenvalue weighted by atomic mass is 32.1. The first kappa shape index (κ1) is 12.7. The predicted molar refractivity (Wildman–Crippen MR) is 64.1 cm³/mol. The molecular formula is C10H20N2O2S. The molecule has 15 heavy (non-hydrogen) atoms. The molecule has 0 radical (unpaired) electrons. The summed E-state index contributed by atoms with van der Waals surface area (Å²) in [5.41, 5.74) is 0. The van der Waals surface area contributed by atoms with E-state index in [0.717, 1.165) is 50.7 Å². The summed E-state index contributed by atoms with van der Waals surface area (Å²) in [6, 6.07) is 0.376. The van der Waals surface area contributed by atoms with Gasteiger partial charge in [0.1, 0.15) is 0 Å². The third-order valence-corrected chi connectivity index (χ3v) is 2.57. The summed E-state index contributed by atoms with van der Waals surface area (Å²) in [7, 11) is 1.70. The number of methoxy groups -OCH3 is 1. The number of nitrogens with one attached hydrogen (secondary N) is 2. The van der Waals surface area contributed by atoms with Gasteiger partial charge >= 0.3 is 0 Å². The zero-order valence-corrected chi connectivity index (χ0v) is 10.1. The Morgan fingerprint density at radius 3 is 3.13 bits per heavy atom. The SMILES string of the molecule is COCCCNC(=S)NC1CCCOC1. The molecule has 0 amide bonds. The predicted octanol–water partition coefficient (Wildman–Crippen LogP) is 0.666. The van der Waals surface area contributed by atoms with Gasteiger partial charge in [0, 0.05) is 26.9 Å². The average Bonchev–Trinajstić information content (AvgIpc) is 2.26. The van der Waals surface area contributed by atoms with Crippen LogP contribution in [0.5, 0.6) is 0 Å². The van der Waals surface area contributed by atoms with Gasteiger partial charge in [-0.15, -0.1) is 0 Å². The molecule has 1 aliphatic heterocycles. The van der Waals surface area contributed by atoms with Gasteiger partial charge < -0.3 is 20.1 Å². The molecule has 0 spiro atoms.